The molecule has 0 aliphatic carbocycles. The average molecular weight is 246 g/mol. The molecule has 1 saturated heterocycles. The van der Waals surface area contributed by atoms with Gasteiger partial charge in [-0.05, 0) is 32.5 Å². The fraction of sp³-hybridized carbons (Fsp3) is 0.700. The molecule has 15 heavy (non-hydrogen) atoms. The molecule has 1 atom stereocenters. The molecule has 84 valence electrons. The molecule has 0 amide bonds. The van der Waals surface area contributed by atoms with Crippen LogP contribution in [0, 0.1) is 5.92 Å². The molecule has 0 aromatic carbocycles. The van der Waals surface area contributed by atoms with Crippen molar-refractivity contribution < 1.29 is 0 Å². The minimum absolute atomic E-state index is 0.788. The van der Waals surface area contributed by atoms with Gasteiger partial charge in [-0.1, -0.05) is 11.6 Å². The van der Waals surface area contributed by atoms with Crippen molar-refractivity contribution in [1.82, 2.24) is 15.2 Å². The topological polar surface area (TPSA) is 28.2 Å². The lowest BCUT2D eigenvalue weighted by molar-refractivity contribution is 0.315. The van der Waals surface area contributed by atoms with Crippen molar-refractivity contribution in [2.45, 2.75) is 13.0 Å². The highest BCUT2D eigenvalue weighted by Crippen LogP contribution is 2.22. The number of thiazole rings is 1. The van der Waals surface area contributed by atoms with E-state index < -0.39 is 0 Å². The predicted molar refractivity (Wildman–Crippen MR) is 64.4 cm³/mol. The molecule has 1 aromatic heterocycles. The van der Waals surface area contributed by atoms with Crippen molar-refractivity contribution in [1.29, 1.82) is 0 Å². The average Bonchev–Trinajstić information content (AvgIpc) is 2.78. The van der Waals surface area contributed by atoms with E-state index in [1.165, 1.54) is 19.5 Å². The Hall–Kier alpha value is -0.160. The third-order valence-electron chi connectivity index (χ3n) is 2.75. The quantitative estimate of drug-likeness (QED) is 0.878. The fourth-order valence-corrected chi connectivity index (χ4v) is 3.06. The lowest BCUT2D eigenvalue weighted by atomic mass is 10.1. The Morgan fingerprint density at radius 2 is 2.60 bits per heavy atom. The number of likely N-dealkylation sites (tertiary alicyclic amines) is 1. The Balaban J connectivity index is 1.82. The van der Waals surface area contributed by atoms with Gasteiger partial charge in [-0.2, -0.15) is 0 Å². The van der Waals surface area contributed by atoms with E-state index in [4.69, 9.17) is 11.6 Å². The van der Waals surface area contributed by atoms with Gasteiger partial charge in [-0.15, -0.1) is 11.3 Å². The molecule has 1 fully saturated rings. The smallest absolute Gasteiger partial charge is 0.113 e. The molecule has 0 spiro atoms. The Morgan fingerprint density at radius 1 is 1.73 bits per heavy atom. The number of hydrogen-bond acceptors (Lipinski definition) is 4. The molecule has 1 unspecified atom stereocenters. The standard InChI is InChI=1S/C10H16ClN3S/c1-12-4-8-2-3-14(6-8)7-10-13-5-9(11)15-10/h5,8,12H,2-4,6-7H2,1H3. The van der Waals surface area contributed by atoms with Crippen LogP contribution in [0.4, 0.5) is 0 Å². The third kappa shape index (κ3) is 3.14. The lowest BCUT2D eigenvalue weighted by Gasteiger charge is -2.13. The Morgan fingerprint density at radius 3 is 3.27 bits per heavy atom. The number of hydrogen-bond donors (Lipinski definition) is 1. The molecule has 1 aliphatic rings. The molecule has 1 N–H and O–H groups in total. The van der Waals surface area contributed by atoms with E-state index in [-0.39, 0.29) is 0 Å². The van der Waals surface area contributed by atoms with Gasteiger partial charge in [0.2, 0.25) is 0 Å². The second-order valence-electron chi connectivity index (χ2n) is 4.01. The number of aromatic nitrogens is 1. The maximum absolute atomic E-state index is 5.85. The van der Waals surface area contributed by atoms with Gasteiger partial charge >= 0.3 is 0 Å². The van der Waals surface area contributed by atoms with Crippen LogP contribution in [-0.2, 0) is 6.54 Å². The van der Waals surface area contributed by atoms with Gasteiger partial charge < -0.3 is 5.32 Å². The summed E-state index contributed by atoms with van der Waals surface area (Å²) in [7, 11) is 2.02. The summed E-state index contributed by atoms with van der Waals surface area (Å²) < 4.78 is 0.788. The summed E-state index contributed by atoms with van der Waals surface area (Å²) in [4.78, 5) is 6.74. The zero-order valence-electron chi connectivity index (χ0n) is 8.87. The number of halogens is 1. The van der Waals surface area contributed by atoms with E-state index in [2.05, 4.69) is 15.2 Å². The minimum Gasteiger partial charge on any atom is -0.319 e. The van der Waals surface area contributed by atoms with Crippen LogP contribution < -0.4 is 5.32 Å². The highest BCUT2D eigenvalue weighted by molar-refractivity contribution is 7.15. The molecule has 0 saturated carbocycles. The SMILES string of the molecule is CNCC1CCN(Cc2ncc(Cl)s2)C1. The molecular weight excluding hydrogens is 230 g/mol. The molecule has 2 heterocycles. The van der Waals surface area contributed by atoms with Gasteiger partial charge in [0.05, 0.1) is 12.7 Å². The summed E-state index contributed by atoms with van der Waals surface area (Å²) in [5.74, 6) is 0.797. The monoisotopic (exact) mass is 245 g/mol. The summed E-state index contributed by atoms with van der Waals surface area (Å²) in [6.07, 6.45) is 3.03. The van der Waals surface area contributed by atoms with Crippen molar-refractivity contribution in [3.8, 4) is 0 Å². The zero-order chi connectivity index (χ0) is 10.7. The Bertz CT molecular complexity index is 315. The molecule has 3 nitrogen and oxygen atoms in total. The normalized spacial score (nSPS) is 22.4. The molecule has 2 rings (SSSR count). The summed E-state index contributed by atoms with van der Waals surface area (Å²) in [6.45, 7) is 4.44. The maximum atomic E-state index is 5.85. The van der Waals surface area contributed by atoms with Crippen LogP contribution in [0.3, 0.4) is 0 Å². The second-order valence-corrected chi connectivity index (χ2v) is 5.75. The first kappa shape index (κ1) is 11.3. The van der Waals surface area contributed by atoms with Crippen molar-refractivity contribution in [3.63, 3.8) is 0 Å². The van der Waals surface area contributed by atoms with E-state index in [0.717, 1.165) is 28.4 Å². The lowest BCUT2D eigenvalue weighted by Crippen LogP contribution is -2.24. The molecule has 1 aromatic rings. The van der Waals surface area contributed by atoms with Crippen LogP contribution in [-0.4, -0.2) is 36.6 Å². The first-order valence-corrected chi connectivity index (χ1v) is 6.44. The largest absolute Gasteiger partial charge is 0.319 e. The van der Waals surface area contributed by atoms with E-state index in [1.54, 1.807) is 17.5 Å². The summed E-state index contributed by atoms with van der Waals surface area (Å²) >= 11 is 7.44. The third-order valence-corrected chi connectivity index (χ3v) is 3.85. The van der Waals surface area contributed by atoms with Crippen LogP contribution >= 0.6 is 22.9 Å². The zero-order valence-corrected chi connectivity index (χ0v) is 10.4. The van der Waals surface area contributed by atoms with Gasteiger partial charge in [-0.25, -0.2) is 4.98 Å². The molecule has 0 radical (unpaired) electrons. The summed E-state index contributed by atoms with van der Waals surface area (Å²) in [5.41, 5.74) is 0. The fourth-order valence-electron chi connectivity index (χ4n) is 2.06. The van der Waals surface area contributed by atoms with Crippen LogP contribution in [0.25, 0.3) is 0 Å². The predicted octanol–water partition coefficient (Wildman–Crippen LogP) is 1.84. The first-order chi connectivity index (χ1) is 7.28. The molecule has 0 bridgehead atoms. The van der Waals surface area contributed by atoms with Crippen molar-refractivity contribution in [2.75, 3.05) is 26.7 Å². The number of nitrogens with zero attached hydrogens (tertiary/aromatic N) is 2. The van der Waals surface area contributed by atoms with Gasteiger partial charge in [0.1, 0.15) is 9.34 Å². The van der Waals surface area contributed by atoms with Gasteiger partial charge in [0.25, 0.3) is 0 Å². The van der Waals surface area contributed by atoms with E-state index >= 15 is 0 Å². The van der Waals surface area contributed by atoms with Crippen molar-refractivity contribution in [2.24, 2.45) is 5.92 Å². The van der Waals surface area contributed by atoms with E-state index in [1.807, 2.05) is 7.05 Å². The van der Waals surface area contributed by atoms with Gasteiger partial charge in [0.15, 0.2) is 0 Å². The van der Waals surface area contributed by atoms with E-state index in [9.17, 15) is 0 Å². The van der Waals surface area contributed by atoms with Crippen molar-refractivity contribution >= 4 is 22.9 Å². The molecular formula is C10H16ClN3S. The first-order valence-electron chi connectivity index (χ1n) is 5.25. The van der Waals surface area contributed by atoms with Gasteiger partial charge in [0, 0.05) is 6.54 Å². The number of nitrogens with one attached hydrogen (secondary N) is 1. The van der Waals surface area contributed by atoms with Crippen LogP contribution in [0.5, 0.6) is 0 Å². The maximum Gasteiger partial charge on any atom is 0.113 e. The summed E-state index contributed by atoms with van der Waals surface area (Å²) in [6, 6.07) is 0. The number of rotatable bonds is 4. The molecule has 1 aliphatic heterocycles. The van der Waals surface area contributed by atoms with Crippen LogP contribution in [0.1, 0.15) is 11.4 Å². The van der Waals surface area contributed by atoms with E-state index in [0.29, 0.717) is 0 Å². The van der Waals surface area contributed by atoms with Crippen LogP contribution in [0.15, 0.2) is 6.20 Å². The highest BCUT2D eigenvalue weighted by atomic mass is 35.5. The highest BCUT2D eigenvalue weighted by Gasteiger charge is 2.22. The Kier molecular flexibility index (Phi) is 3.97. The molecule has 5 heteroatoms. The van der Waals surface area contributed by atoms with Crippen molar-refractivity contribution in [3.05, 3.63) is 15.5 Å². The second kappa shape index (κ2) is 5.25. The van der Waals surface area contributed by atoms with Gasteiger partial charge in [-0.3, -0.25) is 4.90 Å². The minimum atomic E-state index is 0.788. The summed E-state index contributed by atoms with van der Waals surface area (Å²) in [5, 5.41) is 4.37. The Labute approximate surface area is 99.5 Å². The van der Waals surface area contributed by atoms with Crippen LogP contribution in [0.2, 0.25) is 4.34 Å².